The summed E-state index contributed by atoms with van der Waals surface area (Å²) >= 11 is 11.6. The standard InChI is InChI=1S/C15H12ClN3O2S4/c16-12-5-4-11(24-12)10(20)3-6-13(21)17-14-18-19-15(25-14)23-8-9-2-1-7-22-9/h1-2,4-5,7H,3,6,8H2,(H,17,18,21). The maximum Gasteiger partial charge on any atom is 0.226 e. The number of hydrogen-bond donors (Lipinski definition) is 1. The van der Waals surface area contributed by atoms with Gasteiger partial charge in [0.05, 0.1) is 9.21 Å². The second kappa shape index (κ2) is 8.91. The minimum Gasteiger partial charge on any atom is -0.300 e. The Hall–Kier alpha value is -1.26. The highest BCUT2D eigenvalue weighted by Crippen LogP contribution is 2.29. The third-order valence-corrected chi connectivity index (χ3v) is 7.35. The van der Waals surface area contributed by atoms with Gasteiger partial charge in [0, 0.05) is 23.5 Å². The van der Waals surface area contributed by atoms with Crippen molar-refractivity contribution in [2.75, 3.05) is 5.32 Å². The van der Waals surface area contributed by atoms with Gasteiger partial charge in [-0.15, -0.1) is 32.9 Å². The van der Waals surface area contributed by atoms with Crippen LogP contribution >= 0.6 is 57.4 Å². The third kappa shape index (κ3) is 5.61. The highest BCUT2D eigenvalue weighted by Gasteiger charge is 2.13. The predicted octanol–water partition coefficient (Wildman–Crippen LogP) is 5.21. The fourth-order valence-corrected chi connectivity index (χ4v) is 5.39. The Morgan fingerprint density at radius 3 is 2.76 bits per heavy atom. The average molecular weight is 430 g/mol. The van der Waals surface area contributed by atoms with Gasteiger partial charge in [0.1, 0.15) is 0 Å². The molecule has 1 amide bonds. The van der Waals surface area contributed by atoms with E-state index >= 15 is 0 Å². The zero-order valence-electron chi connectivity index (χ0n) is 12.7. The van der Waals surface area contributed by atoms with Crippen LogP contribution in [-0.4, -0.2) is 21.9 Å². The van der Waals surface area contributed by atoms with Crippen LogP contribution in [0.15, 0.2) is 34.0 Å². The summed E-state index contributed by atoms with van der Waals surface area (Å²) in [5.41, 5.74) is 0. The number of amides is 1. The fraction of sp³-hybridized carbons (Fsp3) is 0.200. The van der Waals surface area contributed by atoms with Crippen molar-refractivity contribution in [3.8, 4) is 0 Å². The second-order valence-corrected chi connectivity index (χ2v) is 9.76. The number of nitrogens with zero attached hydrogens (tertiary/aromatic N) is 2. The van der Waals surface area contributed by atoms with Crippen LogP contribution in [-0.2, 0) is 10.5 Å². The van der Waals surface area contributed by atoms with Gasteiger partial charge in [-0.25, -0.2) is 0 Å². The lowest BCUT2D eigenvalue weighted by Crippen LogP contribution is -2.13. The lowest BCUT2D eigenvalue weighted by atomic mass is 10.2. The van der Waals surface area contributed by atoms with Gasteiger partial charge in [-0.05, 0) is 23.6 Å². The van der Waals surface area contributed by atoms with E-state index < -0.39 is 0 Å². The number of anilines is 1. The van der Waals surface area contributed by atoms with Crippen molar-refractivity contribution in [1.82, 2.24) is 10.2 Å². The van der Waals surface area contributed by atoms with E-state index in [1.807, 2.05) is 11.4 Å². The molecule has 3 heterocycles. The van der Waals surface area contributed by atoms with Gasteiger partial charge in [-0.2, -0.15) is 0 Å². The number of halogens is 1. The van der Waals surface area contributed by atoms with Crippen molar-refractivity contribution in [3.05, 3.63) is 43.7 Å². The van der Waals surface area contributed by atoms with Crippen molar-refractivity contribution in [2.45, 2.75) is 22.9 Å². The molecule has 0 fully saturated rings. The summed E-state index contributed by atoms with van der Waals surface area (Å²) in [5, 5.41) is 13.2. The molecule has 0 unspecified atom stereocenters. The number of hydrogen-bond acceptors (Lipinski definition) is 8. The number of carbonyl (C=O) groups excluding carboxylic acids is 2. The molecule has 0 saturated heterocycles. The van der Waals surface area contributed by atoms with Gasteiger partial charge in [0.15, 0.2) is 10.1 Å². The molecule has 0 bridgehead atoms. The molecule has 1 N–H and O–H groups in total. The Bertz CT molecular complexity index is 860. The topological polar surface area (TPSA) is 72.0 Å². The Morgan fingerprint density at radius 2 is 2.04 bits per heavy atom. The van der Waals surface area contributed by atoms with Gasteiger partial charge >= 0.3 is 0 Å². The van der Waals surface area contributed by atoms with Crippen molar-refractivity contribution < 1.29 is 9.59 Å². The molecule has 0 aliphatic heterocycles. The first-order valence-electron chi connectivity index (χ1n) is 7.17. The smallest absolute Gasteiger partial charge is 0.226 e. The first kappa shape index (κ1) is 18.5. The van der Waals surface area contributed by atoms with E-state index in [1.165, 1.54) is 27.6 Å². The predicted molar refractivity (Wildman–Crippen MR) is 105 cm³/mol. The minimum absolute atomic E-state index is 0.0866. The molecule has 0 aliphatic rings. The van der Waals surface area contributed by atoms with Gasteiger partial charge in [0.2, 0.25) is 11.0 Å². The molecule has 10 heteroatoms. The second-order valence-electron chi connectivity index (χ2n) is 4.82. The zero-order valence-corrected chi connectivity index (χ0v) is 16.8. The number of carbonyl (C=O) groups is 2. The Kier molecular flexibility index (Phi) is 6.60. The highest BCUT2D eigenvalue weighted by atomic mass is 35.5. The number of aromatic nitrogens is 2. The molecule has 5 nitrogen and oxygen atoms in total. The van der Waals surface area contributed by atoms with Gasteiger partial charge in [-0.1, -0.05) is 40.8 Å². The first-order chi connectivity index (χ1) is 12.1. The van der Waals surface area contributed by atoms with Crippen molar-refractivity contribution in [3.63, 3.8) is 0 Å². The van der Waals surface area contributed by atoms with Crippen molar-refractivity contribution >= 4 is 74.2 Å². The summed E-state index contributed by atoms with van der Waals surface area (Å²) < 4.78 is 1.36. The summed E-state index contributed by atoms with van der Waals surface area (Å²) in [6, 6.07) is 7.43. The van der Waals surface area contributed by atoms with E-state index in [0.29, 0.717) is 14.3 Å². The van der Waals surface area contributed by atoms with E-state index in [2.05, 4.69) is 21.6 Å². The van der Waals surface area contributed by atoms with Crippen LogP contribution in [0.4, 0.5) is 5.13 Å². The molecule has 0 atom stereocenters. The lowest BCUT2D eigenvalue weighted by Gasteiger charge is -1.99. The zero-order chi connectivity index (χ0) is 17.6. The maximum absolute atomic E-state index is 12.0. The third-order valence-electron chi connectivity index (χ3n) is 3.00. The van der Waals surface area contributed by atoms with Crippen molar-refractivity contribution in [2.24, 2.45) is 0 Å². The van der Waals surface area contributed by atoms with E-state index in [0.717, 1.165) is 10.1 Å². The van der Waals surface area contributed by atoms with Gasteiger partial charge < -0.3 is 5.32 Å². The molecular weight excluding hydrogens is 418 g/mol. The van der Waals surface area contributed by atoms with Crippen LogP contribution in [0.3, 0.4) is 0 Å². The van der Waals surface area contributed by atoms with E-state index in [9.17, 15) is 9.59 Å². The lowest BCUT2D eigenvalue weighted by molar-refractivity contribution is -0.116. The SMILES string of the molecule is O=C(CCC(=O)c1ccc(Cl)s1)Nc1nnc(SCc2cccs2)s1. The monoisotopic (exact) mass is 429 g/mol. The molecule has 3 aromatic rings. The van der Waals surface area contributed by atoms with Crippen LogP contribution in [0.25, 0.3) is 0 Å². The molecule has 0 saturated carbocycles. The van der Waals surface area contributed by atoms with E-state index in [4.69, 9.17) is 11.6 Å². The highest BCUT2D eigenvalue weighted by molar-refractivity contribution is 8.00. The number of thiophene rings is 2. The number of rotatable bonds is 8. The summed E-state index contributed by atoms with van der Waals surface area (Å²) in [5.74, 6) is 0.497. The molecule has 130 valence electrons. The molecule has 25 heavy (non-hydrogen) atoms. The molecule has 0 aromatic carbocycles. The van der Waals surface area contributed by atoms with Crippen LogP contribution < -0.4 is 5.32 Å². The largest absolute Gasteiger partial charge is 0.300 e. The molecule has 0 radical (unpaired) electrons. The molecule has 0 aliphatic carbocycles. The number of ketones is 1. The molecular formula is C15H12ClN3O2S4. The average Bonchev–Trinajstić information content (AvgIpc) is 3.32. The minimum atomic E-state index is -0.248. The number of nitrogens with one attached hydrogen (secondary N) is 1. The summed E-state index contributed by atoms with van der Waals surface area (Å²) in [4.78, 5) is 25.7. The first-order valence-corrected chi connectivity index (χ1v) is 11.0. The van der Waals surface area contributed by atoms with Crippen LogP contribution in [0.5, 0.6) is 0 Å². The van der Waals surface area contributed by atoms with Gasteiger partial charge in [-0.3, -0.25) is 9.59 Å². The summed E-state index contributed by atoms with van der Waals surface area (Å²) in [7, 11) is 0. The van der Waals surface area contributed by atoms with Crippen LogP contribution in [0.1, 0.15) is 27.4 Å². The Morgan fingerprint density at radius 1 is 1.16 bits per heavy atom. The molecule has 0 spiro atoms. The number of thioether (sulfide) groups is 1. The fourth-order valence-electron chi connectivity index (χ4n) is 1.84. The van der Waals surface area contributed by atoms with Gasteiger partial charge in [0.25, 0.3) is 0 Å². The molecule has 3 rings (SSSR count). The van der Waals surface area contributed by atoms with E-state index in [1.54, 1.807) is 35.2 Å². The maximum atomic E-state index is 12.0. The summed E-state index contributed by atoms with van der Waals surface area (Å²) in [6.07, 6.45) is 0.243. The van der Waals surface area contributed by atoms with Crippen LogP contribution in [0.2, 0.25) is 4.34 Å². The summed E-state index contributed by atoms with van der Waals surface area (Å²) in [6.45, 7) is 0. The normalized spacial score (nSPS) is 10.8. The Balaban J connectivity index is 1.44. The van der Waals surface area contributed by atoms with Crippen molar-refractivity contribution in [1.29, 1.82) is 0 Å². The number of Topliss-reactive ketones (excluding diaryl/α,β-unsaturated/α-hetero) is 1. The van der Waals surface area contributed by atoms with Crippen LogP contribution in [0, 0.1) is 0 Å². The Labute approximate surface area is 165 Å². The quantitative estimate of drug-likeness (QED) is 0.302. The van der Waals surface area contributed by atoms with E-state index in [-0.39, 0.29) is 24.5 Å². The molecule has 3 aromatic heterocycles.